The van der Waals surface area contributed by atoms with Gasteiger partial charge in [0, 0.05) is 17.8 Å². The zero-order valence-corrected chi connectivity index (χ0v) is 31.5. The highest BCUT2D eigenvalue weighted by atomic mass is 127. The SMILES string of the molecule is CC(=O)C1CCCCC1C(=O)OCCn1c(=O)n(CCOC(=O)C2CCCCC2C(C)=O)c(=O)n(CCOC(=O)C2CCCCC2C(=O)I)c1=O. The molecule has 6 atom stereocenters. The van der Waals surface area contributed by atoms with Crippen LogP contribution in [-0.4, -0.2) is 66.8 Å². The first-order valence-corrected chi connectivity index (χ1v) is 19.1. The summed E-state index contributed by atoms with van der Waals surface area (Å²) >= 11 is 1.68. The van der Waals surface area contributed by atoms with Crippen molar-refractivity contribution in [2.45, 2.75) is 111 Å². The van der Waals surface area contributed by atoms with Gasteiger partial charge in [0.2, 0.25) is 0 Å². The number of rotatable bonds is 15. The highest BCUT2D eigenvalue weighted by Crippen LogP contribution is 2.34. The molecule has 51 heavy (non-hydrogen) atoms. The summed E-state index contributed by atoms with van der Waals surface area (Å²) in [5, 5.41) is 0. The molecule has 1 aromatic rings. The van der Waals surface area contributed by atoms with Crippen LogP contribution in [-0.2, 0) is 62.6 Å². The van der Waals surface area contributed by atoms with Crippen molar-refractivity contribution in [1.29, 1.82) is 0 Å². The molecule has 3 fully saturated rings. The number of aromatic nitrogens is 3. The molecule has 0 saturated heterocycles. The highest BCUT2D eigenvalue weighted by Gasteiger charge is 2.37. The molecule has 0 spiro atoms. The van der Waals surface area contributed by atoms with Crippen molar-refractivity contribution in [3.8, 4) is 0 Å². The first-order chi connectivity index (χ1) is 24.3. The van der Waals surface area contributed by atoms with Crippen LogP contribution >= 0.6 is 22.6 Å². The van der Waals surface area contributed by atoms with E-state index in [-0.39, 0.29) is 15.4 Å². The molecule has 6 unspecified atom stereocenters. The standard InChI is InChI=1S/C35H48IN3O12/c1-21(40)23-9-3-6-12-26(23)30(43)49-18-15-37-33(46)38(16-19-50-31(44)27-13-7-4-10-24(27)22(2)41)35(48)39(34(37)47)17-20-51-32(45)28-14-8-5-11-25(28)29(36)42/h23-28H,3-20H2,1-2H3. The third-order valence-electron chi connectivity index (χ3n) is 10.6. The molecule has 16 heteroatoms. The molecule has 0 amide bonds. The van der Waals surface area contributed by atoms with Crippen LogP contribution in [0.15, 0.2) is 14.4 Å². The monoisotopic (exact) mass is 829 g/mol. The second-order valence-electron chi connectivity index (χ2n) is 13.8. The van der Waals surface area contributed by atoms with E-state index in [2.05, 4.69) is 0 Å². The van der Waals surface area contributed by atoms with Crippen molar-refractivity contribution in [1.82, 2.24) is 13.7 Å². The van der Waals surface area contributed by atoms with Crippen LogP contribution in [0.5, 0.6) is 0 Å². The molecule has 0 bridgehead atoms. The maximum atomic E-state index is 13.5. The van der Waals surface area contributed by atoms with E-state index in [1.807, 2.05) is 0 Å². The number of nitrogens with zero attached hydrogens (tertiary/aromatic N) is 3. The maximum Gasteiger partial charge on any atom is 0.336 e. The summed E-state index contributed by atoms with van der Waals surface area (Å²) in [6.07, 6.45) is 7.93. The van der Waals surface area contributed by atoms with E-state index in [0.29, 0.717) is 38.5 Å². The predicted octanol–water partition coefficient (Wildman–Crippen LogP) is 2.36. The summed E-state index contributed by atoms with van der Waals surface area (Å²) in [6, 6.07) is 0. The lowest BCUT2D eigenvalue weighted by atomic mass is 9.77. The van der Waals surface area contributed by atoms with Crippen molar-refractivity contribution in [2.75, 3.05) is 19.8 Å². The van der Waals surface area contributed by atoms with E-state index in [1.54, 1.807) is 22.6 Å². The summed E-state index contributed by atoms with van der Waals surface area (Å²) in [4.78, 5) is 116. The van der Waals surface area contributed by atoms with Crippen LogP contribution in [0.3, 0.4) is 0 Å². The Balaban J connectivity index is 1.51. The molecular formula is C35H48IN3O12. The van der Waals surface area contributed by atoms with Gasteiger partial charge in [0.05, 0.1) is 37.4 Å². The van der Waals surface area contributed by atoms with E-state index in [0.717, 1.165) is 52.2 Å². The number of carbonyl (C=O) groups is 6. The number of esters is 3. The smallest absolute Gasteiger partial charge is 0.336 e. The Morgan fingerprint density at radius 2 is 0.745 bits per heavy atom. The number of halogens is 1. The predicted molar refractivity (Wildman–Crippen MR) is 189 cm³/mol. The molecular weight excluding hydrogens is 781 g/mol. The van der Waals surface area contributed by atoms with E-state index in [9.17, 15) is 43.2 Å². The molecule has 3 aliphatic rings. The number of hydrogen-bond acceptors (Lipinski definition) is 12. The van der Waals surface area contributed by atoms with Crippen LogP contribution in [0.25, 0.3) is 0 Å². The summed E-state index contributed by atoms with van der Waals surface area (Å²) in [5.41, 5.74) is -3.06. The number of ketones is 2. The third kappa shape index (κ3) is 10.1. The molecule has 1 heterocycles. The Labute approximate surface area is 308 Å². The highest BCUT2D eigenvalue weighted by molar-refractivity contribution is 14.1. The average molecular weight is 830 g/mol. The Morgan fingerprint density at radius 1 is 0.490 bits per heavy atom. The van der Waals surface area contributed by atoms with Gasteiger partial charge < -0.3 is 14.2 Å². The Bertz CT molecular complexity index is 1440. The molecule has 1 aromatic heterocycles. The van der Waals surface area contributed by atoms with Crippen LogP contribution in [0, 0.1) is 35.5 Å². The second-order valence-corrected chi connectivity index (χ2v) is 14.9. The minimum absolute atomic E-state index is 0.107. The largest absolute Gasteiger partial charge is 0.464 e. The summed E-state index contributed by atoms with van der Waals surface area (Å²) in [6.45, 7) is 0.459. The van der Waals surface area contributed by atoms with Gasteiger partial charge >= 0.3 is 35.0 Å². The van der Waals surface area contributed by atoms with Crippen molar-refractivity contribution in [3.05, 3.63) is 31.5 Å². The fraction of sp³-hybridized carbons (Fsp3) is 0.743. The van der Waals surface area contributed by atoms with E-state index < -0.39 is 110 Å². The zero-order valence-electron chi connectivity index (χ0n) is 29.3. The van der Waals surface area contributed by atoms with Gasteiger partial charge in [0.25, 0.3) is 0 Å². The van der Waals surface area contributed by atoms with E-state index >= 15 is 0 Å². The van der Waals surface area contributed by atoms with Gasteiger partial charge in [-0.3, -0.25) is 28.8 Å². The van der Waals surface area contributed by atoms with Crippen LogP contribution in [0.4, 0.5) is 0 Å². The second kappa shape index (κ2) is 18.9. The van der Waals surface area contributed by atoms with Crippen molar-refractivity contribution < 1.29 is 43.0 Å². The van der Waals surface area contributed by atoms with Crippen molar-refractivity contribution in [3.63, 3.8) is 0 Å². The molecule has 0 aromatic carbocycles. The van der Waals surface area contributed by atoms with Gasteiger partial charge in [-0.15, -0.1) is 0 Å². The third-order valence-corrected chi connectivity index (χ3v) is 11.4. The molecule has 0 aliphatic heterocycles. The summed E-state index contributed by atoms with van der Waals surface area (Å²) in [5.74, 6) is -5.31. The van der Waals surface area contributed by atoms with Crippen LogP contribution in [0.1, 0.15) is 90.9 Å². The van der Waals surface area contributed by atoms with Gasteiger partial charge in [-0.25, -0.2) is 28.1 Å². The summed E-state index contributed by atoms with van der Waals surface area (Å²) in [7, 11) is 0. The number of ether oxygens (including phenoxy) is 3. The Kier molecular flexibility index (Phi) is 14.9. The Hall–Kier alpha value is -3.44. The lowest BCUT2D eigenvalue weighted by Crippen LogP contribution is -2.55. The van der Waals surface area contributed by atoms with Gasteiger partial charge in [-0.1, -0.05) is 38.5 Å². The molecule has 0 radical (unpaired) electrons. The first kappa shape index (κ1) is 40.3. The lowest BCUT2D eigenvalue weighted by molar-refractivity contribution is -0.154. The Morgan fingerprint density at radius 3 is 1.02 bits per heavy atom. The molecule has 3 saturated carbocycles. The molecule has 282 valence electrons. The van der Waals surface area contributed by atoms with Crippen LogP contribution in [0.2, 0.25) is 0 Å². The van der Waals surface area contributed by atoms with Crippen LogP contribution < -0.4 is 17.1 Å². The van der Waals surface area contributed by atoms with E-state index in [4.69, 9.17) is 14.2 Å². The normalized spacial score (nSPS) is 25.0. The fourth-order valence-corrected chi connectivity index (χ4v) is 8.52. The number of hydrogen-bond donors (Lipinski definition) is 0. The number of carbonyl (C=O) groups excluding carboxylic acids is 6. The minimum Gasteiger partial charge on any atom is -0.464 e. The topological polar surface area (TPSA) is 196 Å². The quantitative estimate of drug-likeness (QED) is 0.109. The maximum absolute atomic E-state index is 13.5. The average Bonchev–Trinajstić information content (AvgIpc) is 3.12. The molecule has 3 aliphatic carbocycles. The zero-order chi connectivity index (χ0) is 37.2. The molecule has 4 rings (SSSR count). The fourth-order valence-electron chi connectivity index (χ4n) is 7.77. The number of Topliss-reactive ketones (excluding diaryl/α,β-unsaturated/α-hetero) is 2. The van der Waals surface area contributed by atoms with Crippen molar-refractivity contribution >= 4 is 55.9 Å². The summed E-state index contributed by atoms with van der Waals surface area (Å²) < 4.78 is 18.3. The first-order valence-electron chi connectivity index (χ1n) is 18.0. The van der Waals surface area contributed by atoms with Gasteiger partial charge in [0.15, 0.2) is 3.79 Å². The van der Waals surface area contributed by atoms with Gasteiger partial charge in [0.1, 0.15) is 31.4 Å². The van der Waals surface area contributed by atoms with E-state index in [1.165, 1.54) is 13.8 Å². The van der Waals surface area contributed by atoms with Gasteiger partial charge in [-0.2, -0.15) is 0 Å². The molecule has 15 nitrogen and oxygen atoms in total. The van der Waals surface area contributed by atoms with Gasteiger partial charge in [-0.05, 0) is 75.0 Å². The molecule has 0 N–H and O–H groups in total. The van der Waals surface area contributed by atoms with Crippen molar-refractivity contribution in [2.24, 2.45) is 35.5 Å². The minimum atomic E-state index is -1.02. The lowest BCUT2D eigenvalue weighted by Gasteiger charge is -2.28.